The molecule has 0 spiro atoms. The fraction of sp³-hybridized carbons (Fsp3) is 0.571. The molecular formula is C14H21O9P. The standard InChI is InChI=1S/C14H21O9P/c1-21-8-2-4-9(5-3-8)22-14-13(17)12(16)11(15)10(23-14)6-7-24(18,19)20/h2-5,10-17H,6-7H2,1H3,(H2,18,19,20)/t10-,11-,12+,13+,14+/m1/s1. The zero-order valence-electron chi connectivity index (χ0n) is 12.9. The van der Waals surface area contributed by atoms with Crippen molar-refractivity contribution in [2.75, 3.05) is 13.3 Å². The minimum atomic E-state index is -4.28. The Balaban J connectivity index is 2.05. The van der Waals surface area contributed by atoms with Crippen molar-refractivity contribution in [2.45, 2.75) is 37.1 Å². The Morgan fingerprint density at radius 1 is 1.04 bits per heavy atom. The lowest BCUT2D eigenvalue weighted by Crippen LogP contribution is -2.59. The van der Waals surface area contributed by atoms with E-state index in [9.17, 15) is 19.9 Å². The summed E-state index contributed by atoms with van der Waals surface area (Å²) >= 11 is 0. The summed E-state index contributed by atoms with van der Waals surface area (Å²) in [6.07, 6.45) is -7.66. The smallest absolute Gasteiger partial charge is 0.325 e. The molecule has 1 fully saturated rings. The average Bonchev–Trinajstić information content (AvgIpc) is 2.54. The van der Waals surface area contributed by atoms with Crippen LogP contribution < -0.4 is 9.47 Å². The predicted molar refractivity (Wildman–Crippen MR) is 81.8 cm³/mol. The van der Waals surface area contributed by atoms with Gasteiger partial charge >= 0.3 is 7.60 Å². The summed E-state index contributed by atoms with van der Waals surface area (Å²) in [6.45, 7) is 0. The van der Waals surface area contributed by atoms with E-state index in [1.807, 2.05) is 0 Å². The van der Waals surface area contributed by atoms with E-state index in [4.69, 9.17) is 24.0 Å². The molecule has 1 aliphatic rings. The van der Waals surface area contributed by atoms with Crippen molar-refractivity contribution in [2.24, 2.45) is 0 Å². The minimum absolute atomic E-state index is 0.197. The Labute approximate surface area is 138 Å². The summed E-state index contributed by atoms with van der Waals surface area (Å²) in [5.74, 6) is 0.930. The molecule has 1 aromatic rings. The molecule has 1 saturated heterocycles. The van der Waals surface area contributed by atoms with E-state index in [1.165, 1.54) is 7.11 Å². The first kappa shape index (κ1) is 19.1. The highest BCUT2D eigenvalue weighted by Crippen LogP contribution is 2.37. The summed E-state index contributed by atoms with van der Waals surface area (Å²) < 4.78 is 26.8. The van der Waals surface area contributed by atoms with Gasteiger partial charge in [0.25, 0.3) is 0 Å². The van der Waals surface area contributed by atoms with E-state index in [-0.39, 0.29) is 6.42 Å². The largest absolute Gasteiger partial charge is 0.497 e. The second kappa shape index (κ2) is 7.79. The molecule has 136 valence electrons. The summed E-state index contributed by atoms with van der Waals surface area (Å²) in [7, 11) is -2.77. The highest BCUT2D eigenvalue weighted by Gasteiger charge is 2.45. The first-order valence-electron chi connectivity index (χ1n) is 7.26. The normalized spacial score (nSPS) is 30.8. The molecule has 0 unspecified atom stereocenters. The van der Waals surface area contributed by atoms with Gasteiger partial charge in [0.2, 0.25) is 6.29 Å². The van der Waals surface area contributed by atoms with Crippen molar-refractivity contribution in [3.63, 3.8) is 0 Å². The molecule has 1 aliphatic heterocycles. The van der Waals surface area contributed by atoms with Crippen LogP contribution in [0.1, 0.15) is 6.42 Å². The van der Waals surface area contributed by atoms with E-state index in [0.717, 1.165) is 0 Å². The highest BCUT2D eigenvalue weighted by atomic mass is 31.2. The third-order valence-corrected chi connectivity index (χ3v) is 4.53. The fourth-order valence-corrected chi connectivity index (χ4v) is 2.93. The summed E-state index contributed by atoms with van der Waals surface area (Å²) in [5, 5.41) is 29.8. The number of methoxy groups -OCH3 is 1. The molecule has 0 aromatic heterocycles. The molecular weight excluding hydrogens is 343 g/mol. The lowest BCUT2D eigenvalue weighted by Gasteiger charge is -2.40. The Hall–Kier alpha value is -1.19. The zero-order valence-corrected chi connectivity index (χ0v) is 13.8. The molecule has 1 heterocycles. The molecule has 0 saturated carbocycles. The van der Waals surface area contributed by atoms with E-state index in [0.29, 0.717) is 11.5 Å². The number of hydrogen-bond acceptors (Lipinski definition) is 7. The van der Waals surface area contributed by atoms with Crippen LogP contribution >= 0.6 is 7.60 Å². The van der Waals surface area contributed by atoms with Gasteiger partial charge in [-0.2, -0.15) is 0 Å². The number of hydrogen-bond donors (Lipinski definition) is 5. The molecule has 0 bridgehead atoms. The monoisotopic (exact) mass is 364 g/mol. The van der Waals surface area contributed by atoms with Gasteiger partial charge in [0, 0.05) is 0 Å². The minimum Gasteiger partial charge on any atom is -0.497 e. The first-order valence-corrected chi connectivity index (χ1v) is 9.06. The summed E-state index contributed by atoms with van der Waals surface area (Å²) in [5.41, 5.74) is 0. The number of aliphatic hydroxyl groups excluding tert-OH is 3. The third-order valence-electron chi connectivity index (χ3n) is 3.69. The van der Waals surface area contributed by atoms with Gasteiger partial charge in [-0.3, -0.25) is 4.57 Å². The molecule has 0 radical (unpaired) electrons. The second-order valence-corrected chi connectivity index (χ2v) is 7.26. The third kappa shape index (κ3) is 4.90. The van der Waals surface area contributed by atoms with Crippen molar-refractivity contribution in [3.05, 3.63) is 24.3 Å². The molecule has 0 aliphatic carbocycles. The Bertz CT molecular complexity index is 572. The van der Waals surface area contributed by atoms with Gasteiger partial charge in [0.15, 0.2) is 0 Å². The summed E-state index contributed by atoms with van der Waals surface area (Å²) in [6, 6.07) is 6.39. The van der Waals surface area contributed by atoms with Crippen LogP contribution in [0.3, 0.4) is 0 Å². The van der Waals surface area contributed by atoms with Gasteiger partial charge < -0.3 is 39.3 Å². The van der Waals surface area contributed by atoms with Crippen molar-refractivity contribution < 1.29 is 43.9 Å². The van der Waals surface area contributed by atoms with Gasteiger partial charge in [-0.05, 0) is 30.7 Å². The SMILES string of the molecule is COc1ccc(O[C@H]2O[C@H](CCP(=O)(O)O)[C@@H](O)[C@H](O)[C@@H]2O)cc1. The molecule has 5 N–H and O–H groups in total. The molecule has 24 heavy (non-hydrogen) atoms. The fourth-order valence-electron chi connectivity index (χ4n) is 2.34. The first-order chi connectivity index (χ1) is 11.2. The lowest BCUT2D eigenvalue weighted by atomic mass is 9.97. The number of aliphatic hydroxyl groups is 3. The Kier molecular flexibility index (Phi) is 6.22. The van der Waals surface area contributed by atoms with E-state index in [1.54, 1.807) is 24.3 Å². The van der Waals surface area contributed by atoms with Gasteiger partial charge in [0.1, 0.15) is 29.8 Å². The van der Waals surface area contributed by atoms with Crippen LogP contribution in [0.2, 0.25) is 0 Å². The molecule has 1 aromatic carbocycles. The maximum atomic E-state index is 11.0. The van der Waals surface area contributed by atoms with Crippen molar-refractivity contribution in [1.29, 1.82) is 0 Å². The van der Waals surface area contributed by atoms with Crippen LogP contribution in [0.4, 0.5) is 0 Å². The Morgan fingerprint density at radius 3 is 2.17 bits per heavy atom. The van der Waals surface area contributed by atoms with Gasteiger partial charge in [0.05, 0.1) is 19.4 Å². The number of benzene rings is 1. The van der Waals surface area contributed by atoms with E-state index in [2.05, 4.69) is 0 Å². The average molecular weight is 364 g/mol. The van der Waals surface area contributed by atoms with Crippen molar-refractivity contribution in [3.8, 4) is 11.5 Å². The predicted octanol–water partition coefficient (Wildman–Crippen LogP) is -0.551. The molecule has 5 atom stereocenters. The van der Waals surface area contributed by atoms with Gasteiger partial charge in [-0.15, -0.1) is 0 Å². The maximum Gasteiger partial charge on any atom is 0.325 e. The molecule has 9 nitrogen and oxygen atoms in total. The van der Waals surface area contributed by atoms with Crippen molar-refractivity contribution in [1.82, 2.24) is 0 Å². The topological polar surface area (TPSA) is 146 Å². The van der Waals surface area contributed by atoms with Crippen LogP contribution in [0, 0.1) is 0 Å². The van der Waals surface area contributed by atoms with Crippen LogP contribution in [0.15, 0.2) is 24.3 Å². The van der Waals surface area contributed by atoms with Crippen LogP contribution in [0.5, 0.6) is 11.5 Å². The number of rotatable bonds is 6. The highest BCUT2D eigenvalue weighted by molar-refractivity contribution is 7.51. The van der Waals surface area contributed by atoms with Crippen LogP contribution in [-0.4, -0.2) is 69.1 Å². The second-order valence-electron chi connectivity index (χ2n) is 5.49. The number of ether oxygens (including phenoxy) is 3. The maximum absolute atomic E-state index is 11.0. The van der Waals surface area contributed by atoms with Crippen LogP contribution in [-0.2, 0) is 9.30 Å². The molecule has 0 amide bonds. The van der Waals surface area contributed by atoms with Crippen molar-refractivity contribution >= 4 is 7.60 Å². The Morgan fingerprint density at radius 2 is 1.62 bits per heavy atom. The van der Waals surface area contributed by atoms with E-state index < -0.39 is 44.5 Å². The zero-order chi connectivity index (χ0) is 17.9. The van der Waals surface area contributed by atoms with E-state index >= 15 is 0 Å². The molecule has 10 heteroatoms. The lowest BCUT2D eigenvalue weighted by molar-refractivity contribution is -0.272. The van der Waals surface area contributed by atoms with Crippen LogP contribution in [0.25, 0.3) is 0 Å². The molecule has 2 rings (SSSR count). The van der Waals surface area contributed by atoms with Gasteiger partial charge in [-0.25, -0.2) is 0 Å². The van der Waals surface area contributed by atoms with Gasteiger partial charge in [-0.1, -0.05) is 0 Å². The quantitative estimate of drug-likeness (QED) is 0.420. The summed E-state index contributed by atoms with van der Waals surface area (Å²) in [4.78, 5) is 17.8.